The SMILES string of the molecule is Cc1cc2c(cc1C)OC1(C=C2)CCN(CC(=O)O)CC1. The predicted octanol–water partition coefficient (Wildman–Crippen LogP) is 2.63. The lowest BCUT2D eigenvalue weighted by Gasteiger charge is -2.41. The third kappa shape index (κ3) is 2.81. The second kappa shape index (κ2) is 5.19. The molecule has 0 saturated carbocycles. The Hall–Kier alpha value is -1.81. The average Bonchev–Trinajstić information content (AvgIpc) is 2.43. The van der Waals surface area contributed by atoms with Crippen LogP contribution < -0.4 is 4.74 Å². The quantitative estimate of drug-likeness (QED) is 0.908. The number of fused-ring (bicyclic) bond motifs is 1. The van der Waals surface area contributed by atoms with Gasteiger partial charge in [-0.25, -0.2) is 0 Å². The van der Waals surface area contributed by atoms with Crippen molar-refractivity contribution in [1.29, 1.82) is 0 Å². The molecular weight excluding hydrogens is 266 g/mol. The smallest absolute Gasteiger partial charge is 0.317 e. The van der Waals surface area contributed by atoms with E-state index in [0.29, 0.717) is 0 Å². The summed E-state index contributed by atoms with van der Waals surface area (Å²) in [6, 6.07) is 4.27. The molecule has 0 bridgehead atoms. The van der Waals surface area contributed by atoms with Crippen LogP contribution in [0.2, 0.25) is 0 Å². The highest BCUT2D eigenvalue weighted by atomic mass is 16.5. The van der Waals surface area contributed by atoms with Gasteiger partial charge in [-0.3, -0.25) is 9.69 Å². The van der Waals surface area contributed by atoms with Gasteiger partial charge in [0.15, 0.2) is 0 Å². The molecule has 0 radical (unpaired) electrons. The number of benzene rings is 1. The number of likely N-dealkylation sites (tertiary alicyclic amines) is 1. The molecule has 1 saturated heterocycles. The van der Waals surface area contributed by atoms with Crippen molar-refractivity contribution in [3.05, 3.63) is 34.9 Å². The number of aryl methyl sites for hydroxylation is 2. The summed E-state index contributed by atoms with van der Waals surface area (Å²) in [4.78, 5) is 12.8. The molecule has 2 aliphatic rings. The lowest BCUT2D eigenvalue weighted by molar-refractivity contribution is -0.139. The first-order valence-corrected chi connectivity index (χ1v) is 7.41. The van der Waals surface area contributed by atoms with Crippen LogP contribution >= 0.6 is 0 Å². The molecule has 0 aliphatic carbocycles. The van der Waals surface area contributed by atoms with Gasteiger partial charge >= 0.3 is 5.97 Å². The van der Waals surface area contributed by atoms with Crippen LogP contribution in [0.25, 0.3) is 6.08 Å². The van der Waals surface area contributed by atoms with Gasteiger partial charge in [0.05, 0.1) is 6.54 Å². The minimum atomic E-state index is -0.762. The molecule has 112 valence electrons. The number of ether oxygens (including phenoxy) is 1. The van der Waals surface area contributed by atoms with Crippen LogP contribution in [0.15, 0.2) is 18.2 Å². The van der Waals surface area contributed by atoms with E-state index in [9.17, 15) is 4.79 Å². The molecule has 0 atom stereocenters. The molecule has 1 N–H and O–H groups in total. The highest BCUT2D eigenvalue weighted by Gasteiger charge is 2.37. The molecule has 0 amide bonds. The molecule has 4 heteroatoms. The van der Waals surface area contributed by atoms with Crippen LogP contribution in [0, 0.1) is 13.8 Å². The highest BCUT2D eigenvalue weighted by Crippen LogP contribution is 2.38. The van der Waals surface area contributed by atoms with E-state index in [0.717, 1.165) is 37.2 Å². The molecule has 2 aliphatic heterocycles. The summed E-state index contributed by atoms with van der Waals surface area (Å²) in [6.45, 7) is 5.85. The van der Waals surface area contributed by atoms with Crippen molar-refractivity contribution < 1.29 is 14.6 Å². The number of piperidine rings is 1. The molecule has 1 spiro atoms. The van der Waals surface area contributed by atoms with E-state index in [-0.39, 0.29) is 12.1 Å². The van der Waals surface area contributed by atoms with Gasteiger partial charge in [-0.05, 0) is 43.2 Å². The fourth-order valence-electron chi connectivity index (χ4n) is 3.07. The summed E-state index contributed by atoms with van der Waals surface area (Å²) in [6.07, 6.45) is 5.98. The maximum absolute atomic E-state index is 10.8. The fourth-order valence-corrected chi connectivity index (χ4v) is 3.07. The summed E-state index contributed by atoms with van der Waals surface area (Å²) >= 11 is 0. The van der Waals surface area contributed by atoms with Gasteiger partial charge in [0.2, 0.25) is 0 Å². The summed E-state index contributed by atoms with van der Waals surface area (Å²) in [5.74, 6) is 0.190. The minimum Gasteiger partial charge on any atom is -0.482 e. The summed E-state index contributed by atoms with van der Waals surface area (Å²) < 4.78 is 6.29. The van der Waals surface area contributed by atoms with Gasteiger partial charge in [0.1, 0.15) is 11.4 Å². The molecule has 2 heterocycles. The Bertz CT molecular complexity index is 598. The van der Waals surface area contributed by atoms with Crippen LogP contribution in [0.4, 0.5) is 0 Å². The molecule has 1 aromatic carbocycles. The minimum absolute atomic E-state index is 0.120. The first-order valence-electron chi connectivity index (χ1n) is 7.41. The zero-order valence-electron chi connectivity index (χ0n) is 12.6. The Morgan fingerprint density at radius 3 is 2.62 bits per heavy atom. The maximum atomic E-state index is 10.8. The first-order chi connectivity index (χ1) is 9.97. The second-order valence-corrected chi connectivity index (χ2v) is 6.14. The maximum Gasteiger partial charge on any atom is 0.317 e. The van der Waals surface area contributed by atoms with Crippen molar-refractivity contribution in [1.82, 2.24) is 4.90 Å². The Labute approximate surface area is 125 Å². The number of nitrogens with zero attached hydrogens (tertiary/aromatic N) is 1. The van der Waals surface area contributed by atoms with Gasteiger partial charge in [0.25, 0.3) is 0 Å². The largest absolute Gasteiger partial charge is 0.482 e. The second-order valence-electron chi connectivity index (χ2n) is 6.14. The van der Waals surface area contributed by atoms with E-state index >= 15 is 0 Å². The fraction of sp³-hybridized carbons (Fsp3) is 0.471. The Balaban J connectivity index is 1.75. The van der Waals surface area contributed by atoms with Gasteiger partial charge in [-0.1, -0.05) is 6.08 Å². The predicted molar refractivity (Wildman–Crippen MR) is 81.6 cm³/mol. The zero-order valence-corrected chi connectivity index (χ0v) is 12.6. The number of rotatable bonds is 2. The van der Waals surface area contributed by atoms with Crippen LogP contribution in [0.3, 0.4) is 0 Å². The van der Waals surface area contributed by atoms with Crippen molar-refractivity contribution in [2.75, 3.05) is 19.6 Å². The topological polar surface area (TPSA) is 49.8 Å². The third-order valence-corrected chi connectivity index (χ3v) is 4.57. The monoisotopic (exact) mass is 287 g/mol. The Kier molecular flexibility index (Phi) is 3.49. The van der Waals surface area contributed by atoms with E-state index in [1.54, 1.807) is 0 Å². The van der Waals surface area contributed by atoms with E-state index in [2.05, 4.69) is 38.1 Å². The molecule has 1 aromatic rings. The molecule has 4 nitrogen and oxygen atoms in total. The lowest BCUT2D eigenvalue weighted by atomic mass is 9.87. The Morgan fingerprint density at radius 1 is 1.29 bits per heavy atom. The van der Waals surface area contributed by atoms with Gasteiger partial charge in [-0.2, -0.15) is 0 Å². The van der Waals surface area contributed by atoms with Crippen molar-refractivity contribution in [2.45, 2.75) is 32.3 Å². The number of hydrogen-bond acceptors (Lipinski definition) is 3. The van der Waals surface area contributed by atoms with Crippen molar-refractivity contribution in [2.24, 2.45) is 0 Å². The molecule has 0 aromatic heterocycles. The molecule has 21 heavy (non-hydrogen) atoms. The van der Waals surface area contributed by atoms with Crippen molar-refractivity contribution in [3.8, 4) is 5.75 Å². The van der Waals surface area contributed by atoms with E-state index in [1.807, 2.05) is 4.90 Å². The van der Waals surface area contributed by atoms with Crippen molar-refractivity contribution in [3.63, 3.8) is 0 Å². The Morgan fingerprint density at radius 2 is 1.95 bits per heavy atom. The number of aliphatic carboxylic acids is 1. The third-order valence-electron chi connectivity index (χ3n) is 4.57. The van der Waals surface area contributed by atoms with Crippen LogP contribution in [-0.4, -0.2) is 41.2 Å². The number of carbonyl (C=O) groups is 1. The first kappa shape index (κ1) is 14.1. The van der Waals surface area contributed by atoms with Gasteiger partial charge in [-0.15, -0.1) is 0 Å². The summed E-state index contributed by atoms with van der Waals surface area (Å²) in [7, 11) is 0. The average molecular weight is 287 g/mol. The molecular formula is C17H21NO3. The normalized spacial score (nSPS) is 20.1. The van der Waals surface area contributed by atoms with Crippen LogP contribution in [-0.2, 0) is 4.79 Å². The summed E-state index contributed by atoms with van der Waals surface area (Å²) in [5, 5.41) is 8.87. The molecule has 0 unspecified atom stereocenters. The summed E-state index contributed by atoms with van der Waals surface area (Å²) in [5.41, 5.74) is 3.39. The molecule has 3 rings (SSSR count). The lowest BCUT2D eigenvalue weighted by Crippen LogP contribution is -2.48. The number of carboxylic acid groups (broad SMARTS) is 1. The molecule has 1 fully saturated rings. The zero-order chi connectivity index (χ0) is 15.0. The van der Waals surface area contributed by atoms with Crippen molar-refractivity contribution >= 4 is 12.0 Å². The highest BCUT2D eigenvalue weighted by molar-refractivity contribution is 5.69. The van der Waals surface area contributed by atoms with Gasteiger partial charge in [0, 0.05) is 31.5 Å². The van der Waals surface area contributed by atoms with Crippen LogP contribution in [0.5, 0.6) is 5.75 Å². The standard InChI is InChI=1S/C17H21NO3/c1-12-9-14-3-4-17(21-15(14)10-13(12)2)5-7-18(8-6-17)11-16(19)20/h3-4,9-10H,5-8,11H2,1-2H3,(H,19,20). The van der Waals surface area contributed by atoms with E-state index in [4.69, 9.17) is 9.84 Å². The number of hydrogen-bond donors (Lipinski definition) is 1. The number of carboxylic acids is 1. The van der Waals surface area contributed by atoms with E-state index < -0.39 is 5.97 Å². The van der Waals surface area contributed by atoms with Gasteiger partial charge < -0.3 is 9.84 Å². The van der Waals surface area contributed by atoms with Crippen LogP contribution in [0.1, 0.15) is 29.5 Å². The van der Waals surface area contributed by atoms with E-state index in [1.165, 1.54) is 11.1 Å².